The highest BCUT2D eigenvalue weighted by Gasteiger charge is 2.57. The van der Waals surface area contributed by atoms with Gasteiger partial charge in [0.2, 0.25) is 0 Å². The molecule has 3 aliphatic heterocycles. The van der Waals surface area contributed by atoms with Gasteiger partial charge in [-0.3, -0.25) is 42.3 Å². The molecule has 2 aromatic rings. The third-order valence-electron chi connectivity index (χ3n) is 7.94. The van der Waals surface area contributed by atoms with Crippen LogP contribution in [0.25, 0.3) is 0 Å². The molecule has 226 valence electrons. The van der Waals surface area contributed by atoms with Crippen LogP contribution in [-0.4, -0.2) is 75.1 Å². The van der Waals surface area contributed by atoms with Gasteiger partial charge in [-0.1, -0.05) is 19.8 Å². The highest BCUT2D eigenvalue weighted by atomic mass is 31.2. The maximum atomic E-state index is 13.7. The minimum absolute atomic E-state index is 0.210. The molecule has 0 aliphatic carbocycles. The lowest BCUT2D eigenvalue weighted by molar-refractivity contribution is -0.133. The molecule has 41 heavy (non-hydrogen) atoms. The van der Waals surface area contributed by atoms with Gasteiger partial charge in [0.25, 0.3) is 11.1 Å². The number of methoxy groups -OCH3 is 1. The number of fused-ring (bicyclic) bond motifs is 1. The summed E-state index contributed by atoms with van der Waals surface area (Å²) in [7, 11) is -1.79. The molecule has 5 rings (SSSR count). The summed E-state index contributed by atoms with van der Waals surface area (Å²) in [5, 5.41) is 11.4. The molecule has 17 heteroatoms. The lowest BCUT2D eigenvalue weighted by Gasteiger charge is -2.33. The van der Waals surface area contributed by atoms with Crippen LogP contribution in [0.2, 0.25) is 0 Å². The highest BCUT2D eigenvalue weighted by Crippen LogP contribution is 2.56. The molecule has 16 nitrogen and oxygen atoms in total. The Labute approximate surface area is 232 Å². The topological polar surface area (TPSA) is 202 Å². The summed E-state index contributed by atoms with van der Waals surface area (Å²) >= 11 is 0. The molecule has 3 aliphatic rings. The Balaban J connectivity index is 1.42. The van der Waals surface area contributed by atoms with Crippen LogP contribution in [0, 0.1) is 5.92 Å². The number of rotatable bonds is 4. The van der Waals surface area contributed by atoms with Gasteiger partial charge in [0.05, 0.1) is 12.7 Å². The van der Waals surface area contributed by atoms with Crippen LogP contribution in [-0.2, 0) is 32.3 Å². The summed E-state index contributed by atoms with van der Waals surface area (Å²) in [6.07, 6.45) is -1.47. The first kappa shape index (κ1) is 29.8. The number of aromatic amines is 2. The fourth-order valence-electron chi connectivity index (χ4n) is 5.78. The van der Waals surface area contributed by atoms with E-state index in [4.69, 9.17) is 27.8 Å². The van der Waals surface area contributed by atoms with Crippen molar-refractivity contribution in [3.8, 4) is 0 Å². The van der Waals surface area contributed by atoms with E-state index in [9.17, 15) is 28.8 Å². The largest absolute Gasteiger partial charge is 0.474 e. The van der Waals surface area contributed by atoms with Crippen LogP contribution in [0.1, 0.15) is 45.1 Å². The molecule has 3 N–H and O–H groups in total. The third kappa shape index (κ3) is 5.58. The van der Waals surface area contributed by atoms with E-state index in [2.05, 4.69) is 9.97 Å². The van der Waals surface area contributed by atoms with Gasteiger partial charge in [-0.25, -0.2) is 14.2 Å². The van der Waals surface area contributed by atoms with Crippen molar-refractivity contribution >= 4 is 7.82 Å². The van der Waals surface area contributed by atoms with Crippen LogP contribution >= 0.6 is 7.82 Å². The molecule has 0 amide bonds. The van der Waals surface area contributed by atoms with E-state index in [0.29, 0.717) is 19.3 Å². The average Bonchev–Trinajstić information content (AvgIpc) is 3.37. The number of H-pyrrole nitrogens is 2. The number of aliphatic hydroxyl groups is 1. The Hall–Kier alpha value is -2.69. The monoisotopic (exact) mass is 600 g/mol. The second-order valence-corrected chi connectivity index (χ2v) is 12.1. The van der Waals surface area contributed by atoms with E-state index in [0.717, 1.165) is 17.7 Å². The Morgan fingerprint density at radius 1 is 1.02 bits per heavy atom. The molecule has 0 aromatic carbocycles. The molecule has 9 unspecified atom stereocenters. The minimum atomic E-state index is -4.29. The summed E-state index contributed by atoms with van der Waals surface area (Å²) in [4.78, 5) is 52.4. The van der Waals surface area contributed by atoms with Gasteiger partial charge >= 0.3 is 19.2 Å². The molecule has 9 atom stereocenters. The van der Waals surface area contributed by atoms with Gasteiger partial charge in [0.1, 0.15) is 30.1 Å². The van der Waals surface area contributed by atoms with Crippen LogP contribution < -0.4 is 22.5 Å². The first-order chi connectivity index (χ1) is 19.5. The molecule has 0 saturated carbocycles. The number of nitrogens with one attached hydrogen (secondary N) is 2. The molecule has 0 radical (unpaired) electrons. The van der Waals surface area contributed by atoms with Gasteiger partial charge < -0.3 is 19.3 Å². The van der Waals surface area contributed by atoms with Crippen LogP contribution in [0.3, 0.4) is 0 Å². The van der Waals surface area contributed by atoms with Crippen molar-refractivity contribution in [3.05, 3.63) is 66.2 Å². The second-order valence-electron chi connectivity index (χ2n) is 10.4. The van der Waals surface area contributed by atoms with Crippen molar-refractivity contribution in [3.63, 3.8) is 0 Å². The molecule has 3 fully saturated rings. The fraction of sp³-hybridized carbons (Fsp3) is 0.667. The maximum absolute atomic E-state index is 13.7. The Morgan fingerprint density at radius 2 is 1.66 bits per heavy atom. The standard InChI is InChI=1S/C24H33N4O12P/c1-13-17-14(38-20(13)27-10-7-15(29)25-22(27)32)6-4-5-9-24(12-37-41(34,36-3)40-17)19(31)18(35-2)21(39-24)28-11-8-16(30)26-23(28)33/h7-8,10-11,13-14,17-21,31H,4-6,9,12H2,1-3H3,(H,25,29,32)(H,26,30,33). The van der Waals surface area contributed by atoms with E-state index >= 15 is 0 Å². The van der Waals surface area contributed by atoms with E-state index in [1.54, 1.807) is 6.92 Å². The lowest BCUT2D eigenvalue weighted by Crippen LogP contribution is -2.47. The number of nitrogens with zero attached hydrogens (tertiary/aromatic N) is 2. The van der Waals surface area contributed by atoms with Crippen LogP contribution in [0.4, 0.5) is 0 Å². The van der Waals surface area contributed by atoms with Crippen molar-refractivity contribution in [2.75, 3.05) is 20.8 Å². The number of aromatic nitrogens is 4. The average molecular weight is 601 g/mol. The van der Waals surface area contributed by atoms with E-state index in [1.807, 2.05) is 0 Å². The van der Waals surface area contributed by atoms with E-state index in [1.165, 1.54) is 30.1 Å². The van der Waals surface area contributed by atoms with Gasteiger partial charge in [-0.05, 0) is 12.8 Å². The highest BCUT2D eigenvalue weighted by molar-refractivity contribution is 7.48. The van der Waals surface area contributed by atoms with Crippen molar-refractivity contribution in [2.24, 2.45) is 5.92 Å². The summed E-state index contributed by atoms with van der Waals surface area (Å²) in [6, 6.07) is 2.35. The number of phosphoric ester groups is 1. The maximum Gasteiger partial charge on any atom is 0.474 e. The number of hydrogen-bond donors (Lipinski definition) is 3. The molecule has 2 aromatic heterocycles. The van der Waals surface area contributed by atoms with Crippen LogP contribution in [0.5, 0.6) is 0 Å². The van der Waals surface area contributed by atoms with Crippen molar-refractivity contribution < 1.29 is 37.5 Å². The summed E-state index contributed by atoms with van der Waals surface area (Å²) < 4.78 is 50.9. The molecular weight excluding hydrogens is 567 g/mol. The fourth-order valence-corrected chi connectivity index (χ4v) is 7.03. The summed E-state index contributed by atoms with van der Waals surface area (Å²) in [6.45, 7) is 1.32. The van der Waals surface area contributed by atoms with Crippen molar-refractivity contribution in [2.45, 2.75) is 75.1 Å². The van der Waals surface area contributed by atoms with E-state index < -0.39 is 85.3 Å². The van der Waals surface area contributed by atoms with E-state index in [-0.39, 0.29) is 6.42 Å². The second kappa shape index (κ2) is 11.5. The van der Waals surface area contributed by atoms with Crippen LogP contribution in [0.15, 0.2) is 43.7 Å². The van der Waals surface area contributed by atoms with Crippen molar-refractivity contribution in [1.29, 1.82) is 0 Å². The zero-order valence-corrected chi connectivity index (χ0v) is 23.6. The summed E-state index contributed by atoms with van der Waals surface area (Å²) in [5.41, 5.74) is -4.03. The predicted molar refractivity (Wildman–Crippen MR) is 139 cm³/mol. The number of ether oxygens (including phenoxy) is 3. The minimum Gasteiger partial charge on any atom is -0.387 e. The first-order valence-electron chi connectivity index (χ1n) is 13.2. The summed E-state index contributed by atoms with van der Waals surface area (Å²) in [5.74, 6) is -0.506. The Kier molecular flexibility index (Phi) is 8.38. The Bertz CT molecular complexity index is 1540. The van der Waals surface area contributed by atoms with Crippen molar-refractivity contribution in [1.82, 2.24) is 19.1 Å². The number of phosphoric acid groups is 1. The predicted octanol–water partition coefficient (Wildman–Crippen LogP) is -0.00590. The molecular formula is C24H33N4O12P. The van der Waals surface area contributed by atoms with Gasteiger partial charge in [-0.2, -0.15) is 0 Å². The molecule has 1 spiro atoms. The number of hydrogen-bond acceptors (Lipinski definition) is 12. The third-order valence-corrected chi connectivity index (χ3v) is 9.33. The SMILES string of the molecule is COC1C(n2ccc(=O)[nH]c2=O)OC2(CCCCC3OC(n4ccc(=O)[nH]c4=O)C(C)C3OP(=O)(OC)OC2)C1O. The van der Waals surface area contributed by atoms with Gasteiger partial charge in [-0.15, -0.1) is 0 Å². The van der Waals surface area contributed by atoms with Gasteiger partial charge in [0, 0.05) is 44.7 Å². The smallest absolute Gasteiger partial charge is 0.387 e. The van der Waals surface area contributed by atoms with Gasteiger partial charge in [0.15, 0.2) is 6.23 Å². The normalized spacial score (nSPS) is 38.0. The lowest BCUT2D eigenvalue weighted by atomic mass is 9.89. The zero-order valence-electron chi connectivity index (χ0n) is 22.7. The molecule has 5 heterocycles. The number of aliphatic hydroxyl groups excluding tert-OH is 1. The first-order valence-corrected chi connectivity index (χ1v) is 14.6. The molecule has 0 bridgehead atoms. The quantitative estimate of drug-likeness (QED) is 0.397. The molecule has 3 saturated heterocycles. The Morgan fingerprint density at radius 3 is 2.24 bits per heavy atom. The zero-order chi connectivity index (χ0) is 29.5.